The summed E-state index contributed by atoms with van der Waals surface area (Å²) in [4.78, 5) is 73.2. The molecule has 0 aliphatic rings. The Morgan fingerprint density at radius 2 is 0.434 bits per heavy atom. The highest BCUT2D eigenvalue weighted by molar-refractivity contribution is 7.47. The molecule has 0 heterocycles. The summed E-state index contributed by atoms with van der Waals surface area (Å²) in [5.41, 5.74) is 0. The Morgan fingerprint density at radius 1 is 0.255 bits per heavy atom. The van der Waals surface area contributed by atoms with Crippen LogP contribution in [0.3, 0.4) is 0 Å². The van der Waals surface area contributed by atoms with E-state index in [9.17, 15) is 43.2 Å². The van der Waals surface area contributed by atoms with Crippen LogP contribution in [0.25, 0.3) is 0 Å². The molecule has 0 aromatic carbocycles. The van der Waals surface area contributed by atoms with Crippen LogP contribution < -0.4 is 0 Å². The number of esters is 4. The highest BCUT2D eigenvalue weighted by Gasteiger charge is 2.30. The molecule has 630 valence electrons. The summed E-state index contributed by atoms with van der Waals surface area (Å²) in [5, 5.41) is 10.7. The summed E-state index contributed by atoms with van der Waals surface area (Å²) >= 11 is 0. The topological polar surface area (TPSA) is 237 Å². The molecule has 0 saturated heterocycles. The van der Waals surface area contributed by atoms with Crippen molar-refractivity contribution < 1.29 is 80.2 Å². The van der Waals surface area contributed by atoms with Crippen molar-refractivity contribution in [2.24, 2.45) is 5.92 Å². The van der Waals surface area contributed by atoms with Gasteiger partial charge in [0.05, 0.1) is 26.4 Å². The Morgan fingerprint density at radius 3 is 0.642 bits per heavy atom. The number of unbranched alkanes of at least 4 members (excludes halogenated alkanes) is 59. The Kier molecular flexibility index (Phi) is 78.2. The van der Waals surface area contributed by atoms with E-state index in [-0.39, 0.29) is 25.7 Å². The van der Waals surface area contributed by atoms with E-state index in [1.54, 1.807) is 0 Å². The van der Waals surface area contributed by atoms with Crippen molar-refractivity contribution >= 4 is 39.5 Å². The summed E-state index contributed by atoms with van der Waals surface area (Å²) in [5.74, 6) is -1.31. The van der Waals surface area contributed by atoms with Gasteiger partial charge >= 0.3 is 39.5 Å². The molecular formula is C87H170O17P2. The van der Waals surface area contributed by atoms with Gasteiger partial charge in [-0.25, -0.2) is 9.13 Å². The van der Waals surface area contributed by atoms with Crippen LogP contribution in [0.4, 0.5) is 0 Å². The third kappa shape index (κ3) is 80.1. The molecule has 19 heteroatoms. The summed E-state index contributed by atoms with van der Waals surface area (Å²) in [6, 6.07) is 0. The normalized spacial score (nSPS) is 13.7. The number of phosphoric ester groups is 2. The van der Waals surface area contributed by atoms with E-state index in [0.29, 0.717) is 25.7 Å². The van der Waals surface area contributed by atoms with Gasteiger partial charge in [-0.1, -0.05) is 420 Å². The van der Waals surface area contributed by atoms with Crippen molar-refractivity contribution in [2.45, 2.75) is 490 Å². The van der Waals surface area contributed by atoms with Crippen LogP contribution in [0.15, 0.2) is 0 Å². The van der Waals surface area contributed by atoms with Crippen LogP contribution in [0.1, 0.15) is 471 Å². The maximum Gasteiger partial charge on any atom is 0.472 e. The Hall–Kier alpha value is -1.94. The smallest absolute Gasteiger partial charge is 0.462 e. The number of hydrogen-bond donors (Lipinski definition) is 3. The van der Waals surface area contributed by atoms with E-state index in [4.69, 9.17) is 37.0 Å². The molecule has 0 fully saturated rings. The molecule has 5 atom stereocenters. The molecule has 106 heavy (non-hydrogen) atoms. The third-order valence-corrected chi connectivity index (χ3v) is 22.4. The maximum absolute atomic E-state index is 13.2. The number of ether oxygens (including phenoxy) is 4. The average molecular weight is 1550 g/mol. The first-order valence-corrected chi connectivity index (χ1v) is 48.1. The molecule has 3 N–H and O–H groups in total. The molecule has 0 spiro atoms. The summed E-state index contributed by atoms with van der Waals surface area (Å²) in [6.07, 6.45) is 73.7. The fourth-order valence-corrected chi connectivity index (χ4v) is 15.2. The van der Waals surface area contributed by atoms with Gasteiger partial charge in [0.2, 0.25) is 0 Å². The van der Waals surface area contributed by atoms with Gasteiger partial charge in [0.25, 0.3) is 0 Å². The number of aliphatic hydroxyl groups excluding tert-OH is 1. The lowest BCUT2D eigenvalue weighted by Gasteiger charge is -2.21. The molecule has 0 saturated carbocycles. The number of carbonyl (C=O) groups excluding carboxylic acids is 4. The minimum absolute atomic E-state index is 0.108. The zero-order valence-corrected chi connectivity index (χ0v) is 71.4. The molecule has 0 aromatic heterocycles. The molecule has 0 amide bonds. The van der Waals surface area contributed by atoms with Gasteiger partial charge in [0.1, 0.15) is 19.3 Å². The molecule has 0 rings (SSSR count). The van der Waals surface area contributed by atoms with Gasteiger partial charge in [-0.05, 0) is 31.6 Å². The minimum atomic E-state index is -4.97. The quantitative estimate of drug-likeness (QED) is 0.0222. The Bertz CT molecular complexity index is 2010. The Labute approximate surface area is 651 Å². The Balaban J connectivity index is 5.22. The first kappa shape index (κ1) is 104. The van der Waals surface area contributed by atoms with Crippen LogP contribution in [-0.4, -0.2) is 96.7 Å². The highest BCUT2D eigenvalue weighted by Crippen LogP contribution is 2.45. The zero-order valence-electron chi connectivity index (χ0n) is 69.6. The molecular weight excluding hydrogens is 1380 g/mol. The van der Waals surface area contributed by atoms with E-state index in [0.717, 1.165) is 95.8 Å². The number of hydrogen-bond acceptors (Lipinski definition) is 15. The molecule has 0 aliphatic heterocycles. The van der Waals surface area contributed by atoms with E-state index in [2.05, 4.69) is 34.6 Å². The van der Waals surface area contributed by atoms with Gasteiger partial charge in [-0.3, -0.25) is 37.3 Å². The molecule has 17 nitrogen and oxygen atoms in total. The summed E-state index contributed by atoms with van der Waals surface area (Å²) < 4.78 is 68.9. The lowest BCUT2D eigenvalue weighted by Crippen LogP contribution is -2.30. The molecule has 2 unspecified atom stereocenters. The molecule has 0 aromatic rings. The van der Waals surface area contributed by atoms with Crippen LogP contribution in [-0.2, 0) is 65.4 Å². The monoisotopic (exact) mass is 1550 g/mol. The average Bonchev–Trinajstić information content (AvgIpc) is 0.912. The van der Waals surface area contributed by atoms with Crippen molar-refractivity contribution in [3.8, 4) is 0 Å². The van der Waals surface area contributed by atoms with E-state index in [1.807, 2.05) is 0 Å². The SMILES string of the molecule is CCCCCCCCCCCCCCCCCCCCCCC(=O)OC[C@H](COP(=O)(O)OC[C@@H](O)COP(=O)(O)OC[C@@H](COC(=O)CCCCCCCCCCCC)OC(=O)CCCCCCCCCCCCCCCC(C)C)OC(=O)CCCCCCCCCCCCCCCCCCCCCC. The second-order valence-electron chi connectivity index (χ2n) is 31.8. The number of rotatable bonds is 87. The van der Waals surface area contributed by atoms with Gasteiger partial charge in [0.15, 0.2) is 12.2 Å². The van der Waals surface area contributed by atoms with Gasteiger partial charge < -0.3 is 33.8 Å². The van der Waals surface area contributed by atoms with Crippen molar-refractivity contribution in [1.29, 1.82) is 0 Å². The van der Waals surface area contributed by atoms with Crippen molar-refractivity contribution in [3.05, 3.63) is 0 Å². The first-order chi connectivity index (χ1) is 51.5. The molecule has 0 aliphatic carbocycles. The minimum Gasteiger partial charge on any atom is -0.462 e. The standard InChI is InChI=1S/C87H170O17P2/c1-6-9-12-15-18-21-24-26-28-30-32-34-36-38-42-46-51-56-61-66-71-85(90)98-77-83(104-86(91)72-67-62-57-52-47-43-39-37-35-33-31-29-27-25-22-19-16-13-10-7-2)79-102-106(95,96)100-75-81(88)74-99-105(93,94)101-78-82(76-97-84(89)70-65-60-55-50-23-20-17-14-11-8-3)103-87(92)73-68-63-58-53-48-44-40-41-45-49-54-59-64-69-80(4)5/h80-83,88H,6-79H2,1-5H3,(H,93,94)(H,95,96)/t81-,82+,83+/m0/s1. The molecule has 0 bridgehead atoms. The van der Waals surface area contributed by atoms with Crippen molar-refractivity contribution in [2.75, 3.05) is 39.6 Å². The van der Waals surface area contributed by atoms with Crippen molar-refractivity contribution in [3.63, 3.8) is 0 Å². The van der Waals surface area contributed by atoms with E-state index >= 15 is 0 Å². The van der Waals surface area contributed by atoms with Crippen LogP contribution in [0.2, 0.25) is 0 Å². The van der Waals surface area contributed by atoms with Crippen LogP contribution in [0, 0.1) is 5.92 Å². The van der Waals surface area contributed by atoms with E-state index in [1.165, 1.54) is 295 Å². The lowest BCUT2D eigenvalue weighted by molar-refractivity contribution is -0.161. The number of phosphoric acid groups is 2. The zero-order chi connectivity index (χ0) is 77.6. The first-order valence-electron chi connectivity index (χ1n) is 45.1. The fraction of sp³-hybridized carbons (Fsp3) is 0.954. The predicted molar refractivity (Wildman–Crippen MR) is 437 cm³/mol. The van der Waals surface area contributed by atoms with Crippen molar-refractivity contribution in [1.82, 2.24) is 0 Å². The molecule has 0 radical (unpaired) electrons. The second-order valence-corrected chi connectivity index (χ2v) is 34.7. The largest absolute Gasteiger partial charge is 0.472 e. The number of aliphatic hydroxyl groups is 1. The van der Waals surface area contributed by atoms with Gasteiger partial charge in [-0.2, -0.15) is 0 Å². The number of carbonyl (C=O) groups is 4. The lowest BCUT2D eigenvalue weighted by atomic mass is 10.0. The fourth-order valence-electron chi connectivity index (χ4n) is 13.6. The third-order valence-electron chi connectivity index (χ3n) is 20.5. The van der Waals surface area contributed by atoms with Crippen LogP contribution >= 0.6 is 15.6 Å². The second kappa shape index (κ2) is 79.7. The highest BCUT2D eigenvalue weighted by atomic mass is 31.2. The van der Waals surface area contributed by atoms with Crippen LogP contribution in [0.5, 0.6) is 0 Å². The van der Waals surface area contributed by atoms with E-state index < -0.39 is 97.5 Å². The summed E-state index contributed by atoms with van der Waals surface area (Å²) in [7, 11) is -9.93. The summed E-state index contributed by atoms with van der Waals surface area (Å²) in [6.45, 7) is 7.38. The van der Waals surface area contributed by atoms with Gasteiger partial charge in [0, 0.05) is 25.7 Å². The maximum atomic E-state index is 13.2. The predicted octanol–water partition coefficient (Wildman–Crippen LogP) is 26.8. The van der Waals surface area contributed by atoms with Gasteiger partial charge in [-0.15, -0.1) is 0 Å².